The molecule has 0 radical (unpaired) electrons. The summed E-state index contributed by atoms with van der Waals surface area (Å²) in [4.78, 5) is 24.2. The van der Waals surface area contributed by atoms with E-state index >= 15 is 0 Å². The lowest BCUT2D eigenvalue weighted by molar-refractivity contribution is -0.120. The maximum atomic E-state index is 12.2. The fraction of sp³-hybridized carbons (Fsp3) is 0.913. The lowest BCUT2D eigenvalue weighted by Gasteiger charge is -2.31. The molecule has 25 heavy (non-hydrogen) atoms. The highest BCUT2D eigenvalue weighted by molar-refractivity contribution is 5.81. The molecule has 0 amide bonds. The standard InChI is InChI=1S/C23H40O2/c1-2-8-20-11-5-6-12-21(20)16-18-23(25)14-7-13-22(24)17-15-19-9-3-4-10-19/h19-21H,2-18H2,1H3. The maximum absolute atomic E-state index is 12.2. The second-order valence-corrected chi connectivity index (χ2v) is 8.75. The molecule has 2 unspecified atom stereocenters. The minimum atomic E-state index is 0.384. The van der Waals surface area contributed by atoms with Gasteiger partial charge in [-0.3, -0.25) is 9.59 Å². The third kappa shape index (κ3) is 8.05. The summed E-state index contributed by atoms with van der Waals surface area (Å²) < 4.78 is 0. The van der Waals surface area contributed by atoms with E-state index in [9.17, 15) is 9.59 Å². The van der Waals surface area contributed by atoms with Crippen molar-refractivity contribution in [1.82, 2.24) is 0 Å². The van der Waals surface area contributed by atoms with E-state index in [-0.39, 0.29) is 0 Å². The maximum Gasteiger partial charge on any atom is 0.132 e. The number of Topliss-reactive ketones (excluding diaryl/α,β-unsaturated/α-hetero) is 2. The summed E-state index contributed by atoms with van der Waals surface area (Å²) in [5.41, 5.74) is 0. The summed E-state index contributed by atoms with van der Waals surface area (Å²) in [6.45, 7) is 2.28. The van der Waals surface area contributed by atoms with Gasteiger partial charge in [0, 0.05) is 25.7 Å². The second kappa shape index (κ2) is 11.9. The normalized spacial score (nSPS) is 24.5. The van der Waals surface area contributed by atoms with Gasteiger partial charge in [0.2, 0.25) is 0 Å². The number of hydrogen-bond acceptors (Lipinski definition) is 2. The first kappa shape index (κ1) is 20.6. The van der Waals surface area contributed by atoms with E-state index in [0.29, 0.717) is 24.4 Å². The Hall–Kier alpha value is -0.660. The minimum Gasteiger partial charge on any atom is -0.300 e. The highest BCUT2D eigenvalue weighted by Crippen LogP contribution is 2.36. The van der Waals surface area contributed by atoms with Crippen LogP contribution in [0.25, 0.3) is 0 Å². The van der Waals surface area contributed by atoms with Crippen molar-refractivity contribution in [2.75, 3.05) is 0 Å². The van der Waals surface area contributed by atoms with Gasteiger partial charge in [0.25, 0.3) is 0 Å². The molecule has 0 saturated heterocycles. The average molecular weight is 349 g/mol. The van der Waals surface area contributed by atoms with E-state index in [1.807, 2.05) is 0 Å². The van der Waals surface area contributed by atoms with Gasteiger partial charge >= 0.3 is 0 Å². The molecule has 2 aliphatic carbocycles. The highest BCUT2D eigenvalue weighted by Gasteiger charge is 2.24. The molecular weight excluding hydrogens is 308 g/mol. The molecule has 144 valence electrons. The van der Waals surface area contributed by atoms with Gasteiger partial charge in [-0.15, -0.1) is 0 Å². The van der Waals surface area contributed by atoms with Gasteiger partial charge < -0.3 is 0 Å². The molecule has 0 heterocycles. The summed E-state index contributed by atoms with van der Waals surface area (Å²) in [5.74, 6) is 3.23. The molecule has 2 saturated carbocycles. The highest BCUT2D eigenvalue weighted by atomic mass is 16.1. The topological polar surface area (TPSA) is 34.1 Å². The van der Waals surface area contributed by atoms with Crippen molar-refractivity contribution in [3.8, 4) is 0 Å². The monoisotopic (exact) mass is 348 g/mol. The fourth-order valence-corrected chi connectivity index (χ4v) is 5.16. The Kier molecular flexibility index (Phi) is 9.80. The molecular formula is C23H40O2. The largest absolute Gasteiger partial charge is 0.300 e. The molecule has 0 aromatic rings. The number of hydrogen-bond donors (Lipinski definition) is 0. The number of rotatable bonds is 12. The van der Waals surface area contributed by atoms with Crippen LogP contribution in [0.15, 0.2) is 0 Å². The van der Waals surface area contributed by atoms with Crippen LogP contribution in [0.2, 0.25) is 0 Å². The third-order valence-corrected chi connectivity index (χ3v) is 6.74. The van der Waals surface area contributed by atoms with E-state index in [1.54, 1.807) is 0 Å². The molecule has 0 aliphatic heterocycles. The molecule has 0 N–H and O–H groups in total. The Balaban J connectivity index is 1.53. The van der Waals surface area contributed by atoms with Crippen molar-refractivity contribution < 1.29 is 9.59 Å². The molecule has 2 atom stereocenters. The van der Waals surface area contributed by atoms with Gasteiger partial charge in [-0.1, -0.05) is 71.1 Å². The summed E-state index contributed by atoms with van der Waals surface area (Å²) in [6.07, 6.45) is 19.1. The van der Waals surface area contributed by atoms with Crippen LogP contribution in [0.4, 0.5) is 0 Å². The Morgan fingerprint density at radius 1 is 0.680 bits per heavy atom. The van der Waals surface area contributed by atoms with Crippen LogP contribution in [-0.4, -0.2) is 11.6 Å². The van der Waals surface area contributed by atoms with Crippen LogP contribution in [0, 0.1) is 17.8 Å². The predicted octanol–water partition coefficient (Wildman–Crippen LogP) is 6.65. The Bertz CT molecular complexity index is 393. The molecule has 0 bridgehead atoms. The second-order valence-electron chi connectivity index (χ2n) is 8.75. The van der Waals surface area contributed by atoms with E-state index in [1.165, 1.54) is 64.2 Å². The minimum absolute atomic E-state index is 0.384. The zero-order valence-corrected chi connectivity index (χ0v) is 16.6. The van der Waals surface area contributed by atoms with Gasteiger partial charge in [-0.2, -0.15) is 0 Å². The van der Waals surface area contributed by atoms with Crippen molar-refractivity contribution in [3.05, 3.63) is 0 Å². The van der Waals surface area contributed by atoms with Crippen molar-refractivity contribution in [2.24, 2.45) is 17.8 Å². The Labute approximate surface area is 155 Å². The van der Waals surface area contributed by atoms with Crippen LogP contribution in [0.1, 0.15) is 116 Å². The van der Waals surface area contributed by atoms with E-state index in [4.69, 9.17) is 0 Å². The lowest BCUT2D eigenvalue weighted by Crippen LogP contribution is -2.20. The molecule has 2 aliphatic rings. The Morgan fingerprint density at radius 3 is 1.80 bits per heavy atom. The molecule has 2 heteroatoms. The molecule has 0 aromatic heterocycles. The van der Waals surface area contributed by atoms with Crippen LogP contribution in [0.5, 0.6) is 0 Å². The predicted molar refractivity (Wildman–Crippen MR) is 105 cm³/mol. The van der Waals surface area contributed by atoms with Crippen LogP contribution in [-0.2, 0) is 9.59 Å². The zero-order valence-electron chi connectivity index (χ0n) is 16.6. The van der Waals surface area contributed by atoms with Gasteiger partial charge in [0.05, 0.1) is 0 Å². The van der Waals surface area contributed by atoms with Crippen molar-refractivity contribution >= 4 is 11.6 Å². The zero-order chi connectivity index (χ0) is 17.9. The molecule has 2 fully saturated rings. The smallest absolute Gasteiger partial charge is 0.132 e. The van der Waals surface area contributed by atoms with Gasteiger partial charge in [0.1, 0.15) is 11.6 Å². The van der Waals surface area contributed by atoms with E-state index < -0.39 is 0 Å². The first-order chi connectivity index (χ1) is 12.2. The lowest BCUT2D eigenvalue weighted by atomic mass is 9.74. The number of ketones is 2. The van der Waals surface area contributed by atoms with Crippen molar-refractivity contribution in [1.29, 1.82) is 0 Å². The van der Waals surface area contributed by atoms with Crippen LogP contribution < -0.4 is 0 Å². The SMILES string of the molecule is CCCC1CCCCC1CCC(=O)CCCC(=O)CCC1CCCC1. The van der Waals surface area contributed by atoms with Gasteiger partial charge in [-0.25, -0.2) is 0 Å². The molecule has 0 spiro atoms. The fourth-order valence-electron chi connectivity index (χ4n) is 5.16. The van der Waals surface area contributed by atoms with E-state index in [2.05, 4.69) is 6.92 Å². The van der Waals surface area contributed by atoms with Crippen LogP contribution >= 0.6 is 0 Å². The van der Waals surface area contributed by atoms with Gasteiger partial charge in [-0.05, 0) is 37.0 Å². The van der Waals surface area contributed by atoms with E-state index in [0.717, 1.165) is 49.9 Å². The Morgan fingerprint density at radius 2 is 1.20 bits per heavy atom. The number of carbonyl (C=O) groups is 2. The average Bonchev–Trinajstić information content (AvgIpc) is 3.13. The van der Waals surface area contributed by atoms with Crippen molar-refractivity contribution in [2.45, 2.75) is 116 Å². The first-order valence-corrected chi connectivity index (χ1v) is 11.2. The quantitative estimate of drug-likeness (QED) is 0.395. The van der Waals surface area contributed by atoms with Crippen LogP contribution in [0.3, 0.4) is 0 Å². The molecule has 0 aromatic carbocycles. The third-order valence-electron chi connectivity index (χ3n) is 6.74. The summed E-state index contributed by atoms with van der Waals surface area (Å²) >= 11 is 0. The molecule has 2 rings (SSSR count). The molecule has 2 nitrogen and oxygen atoms in total. The van der Waals surface area contributed by atoms with Crippen molar-refractivity contribution in [3.63, 3.8) is 0 Å². The summed E-state index contributed by atoms with van der Waals surface area (Å²) in [5, 5.41) is 0. The first-order valence-electron chi connectivity index (χ1n) is 11.2. The van der Waals surface area contributed by atoms with Gasteiger partial charge in [0.15, 0.2) is 0 Å². The number of carbonyl (C=O) groups excluding carboxylic acids is 2. The summed E-state index contributed by atoms with van der Waals surface area (Å²) in [7, 11) is 0. The summed E-state index contributed by atoms with van der Waals surface area (Å²) in [6, 6.07) is 0.